The summed E-state index contributed by atoms with van der Waals surface area (Å²) in [7, 11) is 3.10. The second-order valence-corrected chi connectivity index (χ2v) is 3.23. The first kappa shape index (κ1) is 11.7. The smallest absolute Gasteiger partial charge is 0.164 e. The summed E-state index contributed by atoms with van der Waals surface area (Å²) in [6.45, 7) is 0.621. The Bertz CT molecular complexity index is 326. The molecule has 0 amide bonds. The first-order valence-corrected chi connectivity index (χ1v) is 4.86. The van der Waals surface area contributed by atoms with Crippen LogP contribution in [0.2, 0.25) is 0 Å². The predicted octanol–water partition coefficient (Wildman–Crippen LogP) is 1.30. The number of aromatic hydroxyl groups is 1. The van der Waals surface area contributed by atoms with Crippen LogP contribution in [0.15, 0.2) is 12.1 Å². The molecule has 1 rings (SSSR count). The number of aryl methyl sites for hydroxylation is 1. The third-order valence-corrected chi connectivity index (χ3v) is 2.23. The van der Waals surface area contributed by atoms with Crippen LogP contribution in [0.3, 0.4) is 0 Å². The van der Waals surface area contributed by atoms with E-state index in [0.29, 0.717) is 12.3 Å². The van der Waals surface area contributed by atoms with Crippen molar-refractivity contribution in [2.24, 2.45) is 5.73 Å². The molecule has 0 aliphatic rings. The van der Waals surface area contributed by atoms with Crippen molar-refractivity contribution in [1.82, 2.24) is 0 Å². The van der Waals surface area contributed by atoms with E-state index in [1.807, 2.05) is 0 Å². The van der Waals surface area contributed by atoms with Gasteiger partial charge in [0.2, 0.25) is 0 Å². The van der Waals surface area contributed by atoms with E-state index in [-0.39, 0.29) is 5.75 Å². The molecule has 1 aromatic rings. The molecule has 0 aliphatic carbocycles. The Kier molecular flexibility index (Phi) is 4.24. The number of phenols is 1. The third-order valence-electron chi connectivity index (χ3n) is 2.23. The minimum absolute atomic E-state index is 0.130. The number of hydrogen-bond donors (Lipinski definition) is 2. The zero-order valence-corrected chi connectivity index (χ0v) is 9.12. The largest absolute Gasteiger partial charge is 0.504 e. The Morgan fingerprint density at radius 3 is 2.40 bits per heavy atom. The molecule has 1 aromatic carbocycles. The molecule has 0 heterocycles. The minimum atomic E-state index is 0.130. The molecule has 4 nitrogen and oxygen atoms in total. The molecular weight excluding hydrogens is 194 g/mol. The first-order chi connectivity index (χ1) is 7.22. The summed E-state index contributed by atoms with van der Waals surface area (Å²) in [6.07, 6.45) is 1.65. The fraction of sp³-hybridized carbons (Fsp3) is 0.455. The van der Waals surface area contributed by atoms with Crippen LogP contribution >= 0.6 is 0 Å². The first-order valence-electron chi connectivity index (χ1n) is 4.86. The third kappa shape index (κ3) is 2.76. The number of phenolic OH excluding ortho intramolecular Hbond substituents is 1. The molecule has 0 spiro atoms. The van der Waals surface area contributed by atoms with E-state index in [9.17, 15) is 5.11 Å². The molecule has 4 heteroatoms. The zero-order chi connectivity index (χ0) is 11.3. The van der Waals surface area contributed by atoms with Crippen molar-refractivity contribution >= 4 is 0 Å². The molecule has 0 saturated heterocycles. The van der Waals surface area contributed by atoms with E-state index >= 15 is 0 Å². The van der Waals surface area contributed by atoms with Crippen molar-refractivity contribution in [2.45, 2.75) is 12.8 Å². The van der Waals surface area contributed by atoms with Gasteiger partial charge in [0.15, 0.2) is 11.5 Å². The molecular formula is C11H17NO3. The Balaban J connectivity index is 2.98. The second-order valence-electron chi connectivity index (χ2n) is 3.23. The van der Waals surface area contributed by atoms with Gasteiger partial charge in [0.1, 0.15) is 5.75 Å². The summed E-state index contributed by atoms with van der Waals surface area (Å²) in [5, 5.41) is 9.60. The van der Waals surface area contributed by atoms with Crippen LogP contribution in [0, 0.1) is 0 Å². The van der Waals surface area contributed by atoms with Crippen molar-refractivity contribution in [3.05, 3.63) is 17.7 Å². The van der Waals surface area contributed by atoms with Gasteiger partial charge in [0.05, 0.1) is 14.2 Å². The van der Waals surface area contributed by atoms with Gasteiger partial charge in [-0.05, 0) is 31.0 Å². The number of ether oxygens (including phenoxy) is 2. The summed E-state index contributed by atoms with van der Waals surface area (Å²) < 4.78 is 10.2. The van der Waals surface area contributed by atoms with Crippen LogP contribution in [-0.2, 0) is 6.42 Å². The lowest BCUT2D eigenvalue weighted by molar-refractivity contribution is 0.362. The van der Waals surface area contributed by atoms with E-state index in [1.165, 1.54) is 7.11 Å². The van der Waals surface area contributed by atoms with Gasteiger partial charge in [0, 0.05) is 6.07 Å². The van der Waals surface area contributed by atoms with Crippen LogP contribution in [0.5, 0.6) is 17.2 Å². The van der Waals surface area contributed by atoms with Gasteiger partial charge in [-0.25, -0.2) is 0 Å². The maximum absolute atomic E-state index is 9.60. The molecule has 0 saturated carbocycles. The predicted molar refractivity (Wildman–Crippen MR) is 58.6 cm³/mol. The maximum atomic E-state index is 9.60. The highest BCUT2D eigenvalue weighted by atomic mass is 16.5. The quantitative estimate of drug-likeness (QED) is 0.770. The van der Waals surface area contributed by atoms with Gasteiger partial charge < -0.3 is 20.3 Å². The Hall–Kier alpha value is -1.42. The summed E-state index contributed by atoms with van der Waals surface area (Å²) in [5.41, 5.74) is 6.38. The fourth-order valence-electron chi connectivity index (χ4n) is 1.43. The van der Waals surface area contributed by atoms with E-state index in [0.717, 1.165) is 24.2 Å². The van der Waals surface area contributed by atoms with Crippen molar-refractivity contribution in [3.8, 4) is 17.2 Å². The van der Waals surface area contributed by atoms with E-state index in [2.05, 4.69) is 0 Å². The normalized spacial score (nSPS) is 10.1. The molecule has 0 fully saturated rings. The summed E-state index contributed by atoms with van der Waals surface area (Å²) in [4.78, 5) is 0. The number of nitrogens with two attached hydrogens (primary N) is 1. The summed E-state index contributed by atoms with van der Waals surface area (Å²) >= 11 is 0. The molecule has 0 bridgehead atoms. The lowest BCUT2D eigenvalue weighted by Crippen LogP contribution is -2.02. The standard InChI is InChI=1S/C11H17NO3/c1-14-10-7-11(15-2)9(13)6-8(10)4-3-5-12/h6-7,13H,3-5,12H2,1-2H3. The molecule has 84 valence electrons. The van der Waals surface area contributed by atoms with Crippen molar-refractivity contribution in [2.75, 3.05) is 20.8 Å². The molecule has 15 heavy (non-hydrogen) atoms. The Morgan fingerprint density at radius 2 is 1.87 bits per heavy atom. The highest BCUT2D eigenvalue weighted by Crippen LogP contribution is 2.34. The van der Waals surface area contributed by atoms with Crippen molar-refractivity contribution in [3.63, 3.8) is 0 Å². The van der Waals surface area contributed by atoms with E-state index in [4.69, 9.17) is 15.2 Å². The van der Waals surface area contributed by atoms with Crippen molar-refractivity contribution < 1.29 is 14.6 Å². The van der Waals surface area contributed by atoms with Gasteiger partial charge in [-0.1, -0.05) is 0 Å². The number of benzene rings is 1. The molecule has 0 aromatic heterocycles. The average Bonchev–Trinajstić information content (AvgIpc) is 2.26. The second kappa shape index (κ2) is 5.46. The van der Waals surface area contributed by atoms with Gasteiger partial charge in [-0.15, -0.1) is 0 Å². The molecule has 0 radical (unpaired) electrons. The van der Waals surface area contributed by atoms with E-state index in [1.54, 1.807) is 19.2 Å². The highest BCUT2D eigenvalue weighted by molar-refractivity contribution is 5.49. The molecule has 0 atom stereocenters. The molecule has 0 unspecified atom stereocenters. The number of methoxy groups -OCH3 is 2. The van der Waals surface area contributed by atoms with Crippen LogP contribution < -0.4 is 15.2 Å². The minimum Gasteiger partial charge on any atom is -0.504 e. The Morgan fingerprint density at radius 1 is 1.20 bits per heavy atom. The lowest BCUT2D eigenvalue weighted by atomic mass is 10.1. The number of rotatable bonds is 5. The number of hydrogen-bond acceptors (Lipinski definition) is 4. The zero-order valence-electron chi connectivity index (χ0n) is 9.12. The summed E-state index contributed by atoms with van der Waals surface area (Å²) in [6, 6.07) is 3.34. The van der Waals surface area contributed by atoms with Gasteiger partial charge in [-0.3, -0.25) is 0 Å². The Labute approximate surface area is 89.6 Å². The molecule has 3 N–H and O–H groups in total. The SMILES string of the molecule is COc1cc(OC)c(CCCN)cc1O. The maximum Gasteiger partial charge on any atom is 0.164 e. The lowest BCUT2D eigenvalue weighted by Gasteiger charge is -2.11. The van der Waals surface area contributed by atoms with Crippen molar-refractivity contribution in [1.29, 1.82) is 0 Å². The van der Waals surface area contributed by atoms with Crippen LogP contribution in [0.4, 0.5) is 0 Å². The van der Waals surface area contributed by atoms with Gasteiger partial charge in [0.25, 0.3) is 0 Å². The highest BCUT2D eigenvalue weighted by Gasteiger charge is 2.09. The average molecular weight is 211 g/mol. The summed E-state index contributed by atoms with van der Waals surface area (Å²) in [5.74, 6) is 1.27. The van der Waals surface area contributed by atoms with Crippen LogP contribution in [0.25, 0.3) is 0 Å². The van der Waals surface area contributed by atoms with E-state index < -0.39 is 0 Å². The van der Waals surface area contributed by atoms with Crippen LogP contribution in [0.1, 0.15) is 12.0 Å². The van der Waals surface area contributed by atoms with Gasteiger partial charge >= 0.3 is 0 Å². The molecule has 0 aliphatic heterocycles. The topological polar surface area (TPSA) is 64.7 Å². The van der Waals surface area contributed by atoms with Gasteiger partial charge in [-0.2, -0.15) is 0 Å². The fourth-order valence-corrected chi connectivity index (χ4v) is 1.43. The monoisotopic (exact) mass is 211 g/mol. The van der Waals surface area contributed by atoms with Crippen LogP contribution in [-0.4, -0.2) is 25.9 Å².